The van der Waals surface area contributed by atoms with Crippen molar-refractivity contribution in [3.05, 3.63) is 53.1 Å². The van der Waals surface area contributed by atoms with Gasteiger partial charge in [-0.1, -0.05) is 30.7 Å². The molecule has 0 spiro atoms. The molecule has 0 aromatic heterocycles. The largest absolute Gasteiger partial charge is 0.508 e. The molecule has 3 N–H and O–H groups in total. The molecular formula is C28H40O6. The van der Waals surface area contributed by atoms with Gasteiger partial charge in [-0.05, 0) is 83.7 Å². The van der Waals surface area contributed by atoms with Crippen LogP contribution in [-0.2, 0) is 9.59 Å². The van der Waals surface area contributed by atoms with Crippen molar-refractivity contribution in [2.24, 2.45) is 5.92 Å². The maximum absolute atomic E-state index is 12.5. The smallest absolute Gasteiger partial charge is 0.158 e. The Kier molecular flexibility index (Phi) is 10.9. The first-order valence-electron chi connectivity index (χ1n) is 11.6. The Morgan fingerprint density at radius 3 is 2.38 bits per heavy atom. The van der Waals surface area contributed by atoms with Crippen LogP contribution in [0, 0.1) is 12.8 Å². The lowest BCUT2D eigenvalue weighted by Gasteiger charge is -2.18. The van der Waals surface area contributed by atoms with Crippen molar-refractivity contribution in [1.29, 1.82) is 0 Å². The van der Waals surface area contributed by atoms with Gasteiger partial charge >= 0.3 is 0 Å². The second-order valence-electron chi connectivity index (χ2n) is 9.89. The maximum Gasteiger partial charge on any atom is 0.158 e. The van der Waals surface area contributed by atoms with E-state index in [0.717, 1.165) is 17.6 Å². The zero-order chi connectivity index (χ0) is 26.1. The molecule has 2 atom stereocenters. The van der Waals surface area contributed by atoms with E-state index in [4.69, 9.17) is 4.74 Å². The first kappa shape index (κ1) is 29.3. The van der Waals surface area contributed by atoms with Crippen LogP contribution in [0.3, 0.4) is 0 Å². The van der Waals surface area contributed by atoms with Gasteiger partial charge in [0.2, 0.25) is 0 Å². The quantitative estimate of drug-likeness (QED) is 0.346. The molecule has 0 unspecified atom stereocenters. The van der Waals surface area contributed by atoms with E-state index in [9.17, 15) is 24.9 Å². The minimum atomic E-state index is -1.37. The molecule has 1 aromatic rings. The Morgan fingerprint density at radius 2 is 1.79 bits per heavy atom. The minimum absolute atomic E-state index is 0.0266. The van der Waals surface area contributed by atoms with Crippen LogP contribution in [0.25, 0.3) is 6.08 Å². The molecule has 6 nitrogen and oxygen atoms in total. The Balaban J connectivity index is 2.65. The molecule has 0 saturated carbocycles. The number of rotatable bonds is 13. The van der Waals surface area contributed by atoms with Crippen molar-refractivity contribution in [2.75, 3.05) is 7.11 Å². The van der Waals surface area contributed by atoms with Gasteiger partial charge in [-0.3, -0.25) is 9.59 Å². The normalized spacial score (nSPS) is 15.5. The average molecular weight is 473 g/mol. The Morgan fingerprint density at radius 1 is 1.15 bits per heavy atom. The van der Waals surface area contributed by atoms with E-state index < -0.39 is 11.2 Å². The van der Waals surface area contributed by atoms with E-state index in [1.165, 1.54) is 31.4 Å². The van der Waals surface area contributed by atoms with E-state index in [2.05, 4.69) is 0 Å². The molecule has 34 heavy (non-hydrogen) atoms. The predicted octanol–water partition coefficient (Wildman–Crippen LogP) is 5.08. The van der Waals surface area contributed by atoms with Gasteiger partial charge in [-0.25, -0.2) is 0 Å². The van der Waals surface area contributed by atoms with Gasteiger partial charge in [0.05, 0.1) is 18.3 Å². The number of aliphatic hydroxyl groups is 2. The summed E-state index contributed by atoms with van der Waals surface area (Å²) in [5.41, 5.74) is -0.117. The SMILES string of the molecule is COc1c(C)cc(O)cc1/C=C/[C@](C)(O)CC(=O)/C=C(\C)CCC[C@@H](C)C(=O)/C=C/C(C)(C)O. The highest BCUT2D eigenvalue weighted by atomic mass is 16.5. The van der Waals surface area contributed by atoms with Crippen LogP contribution in [-0.4, -0.2) is 45.2 Å². The van der Waals surface area contributed by atoms with Crippen molar-refractivity contribution < 1.29 is 29.6 Å². The fourth-order valence-corrected chi connectivity index (χ4v) is 3.54. The lowest BCUT2D eigenvalue weighted by Crippen LogP contribution is -2.24. The number of phenolic OH excluding ortho intramolecular Hbond substituents is 1. The topological polar surface area (TPSA) is 104 Å². The number of methoxy groups -OCH3 is 1. The van der Waals surface area contributed by atoms with Gasteiger partial charge in [0.25, 0.3) is 0 Å². The molecule has 0 aliphatic carbocycles. The molecule has 0 fully saturated rings. The molecule has 1 rings (SSSR count). The Labute approximate surface area is 203 Å². The molecule has 0 aliphatic heterocycles. The summed E-state index contributed by atoms with van der Waals surface area (Å²) >= 11 is 0. The minimum Gasteiger partial charge on any atom is -0.508 e. The molecule has 0 saturated heterocycles. The zero-order valence-electron chi connectivity index (χ0n) is 21.5. The Hall–Kier alpha value is -2.70. The number of carbonyl (C=O) groups excluding carboxylic acids is 2. The zero-order valence-corrected chi connectivity index (χ0v) is 21.5. The van der Waals surface area contributed by atoms with E-state index in [0.29, 0.717) is 24.2 Å². The lowest BCUT2D eigenvalue weighted by molar-refractivity contribution is -0.118. The fraction of sp³-hybridized carbons (Fsp3) is 0.500. The van der Waals surface area contributed by atoms with Crippen LogP contribution in [0.4, 0.5) is 0 Å². The highest BCUT2D eigenvalue weighted by Gasteiger charge is 2.21. The van der Waals surface area contributed by atoms with Crippen LogP contribution in [0.5, 0.6) is 11.5 Å². The highest BCUT2D eigenvalue weighted by Crippen LogP contribution is 2.30. The Bertz CT molecular complexity index is 944. The van der Waals surface area contributed by atoms with Crippen LogP contribution >= 0.6 is 0 Å². The predicted molar refractivity (Wildman–Crippen MR) is 136 cm³/mol. The molecule has 0 radical (unpaired) electrons. The summed E-state index contributed by atoms with van der Waals surface area (Å²) in [5.74, 6) is 0.308. The van der Waals surface area contributed by atoms with Crippen LogP contribution in [0.1, 0.15) is 71.4 Å². The van der Waals surface area contributed by atoms with Crippen molar-refractivity contribution in [3.63, 3.8) is 0 Å². The van der Waals surface area contributed by atoms with Crippen molar-refractivity contribution >= 4 is 17.6 Å². The van der Waals surface area contributed by atoms with E-state index in [1.807, 2.05) is 20.8 Å². The molecule has 0 bridgehead atoms. The van der Waals surface area contributed by atoms with Crippen molar-refractivity contribution in [2.45, 2.75) is 78.4 Å². The molecular weight excluding hydrogens is 432 g/mol. The van der Waals surface area contributed by atoms with Crippen molar-refractivity contribution in [3.8, 4) is 11.5 Å². The van der Waals surface area contributed by atoms with Gasteiger partial charge in [0, 0.05) is 17.9 Å². The second-order valence-corrected chi connectivity index (χ2v) is 9.89. The number of benzene rings is 1. The molecule has 0 amide bonds. The third kappa shape index (κ3) is 10.9. The van der Waals surface area contributed by atoms with Crippen molar-refractivity contribution in [1.82, 2.24) is 0 Å². The van der Waals surface area contributed by atoms with Gasteiger partial charge in [0.15, 0.2) is 11.6 Å². The van der Waals surface area contributed by atoms with Gasteiger partial charge in [-0.2, -0.15) is 0 Å². The molecule has 1 aromatic carbocycles. The van der Waals surface area contributed by atoms with E-state index >= 15 is 0 Å². The number of hydrogen-bond donors (Lipinski definition) is 3. The number of hydrogen-bond acceptors (Lipinski definition) is 6. The first-order chi connectivity index (χ1) is 15.6. The number of allylic oxidation sites excluding steroid dienone is 3. The summed E-state index contributed by atoms with van der Waals surface area (Å²) in [6, 6.07) is 3.13. The number of carbonyl (C=O) groups is 2. The molecule has 188 valence electrons. The summed E-state index contributed by atoms with van der Waals surface area (Å²) in [6.45, 7) is 10.3. The summed E-state index contributed by atoms with van der Waals surface area (Å²) in [7, 11) is 1.54. The van der Waals surface area contributed by atoms with E-state index in [-0.39, 0.29) is 29.7 Å². The van der Waals surface area contributed by atoms with Gasteiger partial charge < -0.3 is 20.1 Å². The third-order valence-electron chi connectivity index (χ3n) is 5.40. The third-order valence-corrected chi connectivity index (χ3v) is 5.40. The van der Waals surface area contributed by atoms with E-state index in [1.54, 1.807) is 39.0 Å². The highest BCUT2D eigenvalue weighted by molar-refractivity contribution is 5.92. The summed E-state index contributed by atoms with van der Waals surface area (Å²) < 4.78 is 5.37. The molecule has 0 heterocycles. The van der Waals surface area contributed by atoms with Gasteiger partial charge in [0.1, 0.15) is 11.5 Å². The monoisotopic (exact) mass is 472 g/mol. The number of aromatic hydroxyl groups is 1. The molecule has 6 heteroatoms. The van der Waals surface area contributed by atoms with Crippen LogP contribution < -0.4 is 4.74 Å². The average Bonchev–Trinajstić information content (AvgIpc) is 2.68. The van der Waals surface area contributed by atoms with Crippen LogP contribution in [0.15, 0.2) is 42.0 Å². The maximum atomic E-state index is 12.5. The standard InChI is InChI=1S/C28H40O6/c1-19(9-8-10-20(2)25(31)12-13-27(4,5)32)15-24(30)18-28(6,33)14-11-22-17-23(29)16-21(3)26(22)34-7/h11-17,20,29,32-33H,8-10,18H2,1-7H3/b13-12+,14-11+,19-15+/t20-,28+/m1/s1. The number of ketones is 2. The first-order valence-corrected chi connectivity index (χ1v) is 11.6. The number of phenols is 1. The fourth-order valence-electron chi connectivity index (χ4n) is 3.54. The summed E-state index contributed by atoms with van der Waals surface area (Å²) in [5, 5.41) is 30.2. The lowest BCUT2D eigenvalue weighted by atomic mass is 9.94. The summed E-state index contributed by atoms with van der Waals surface area (Å²) in [4.78, 5) is 24.6. The summed E-state index contributed by atoms with van der Waals surface area (Å²) in [6.07, 6.45) is 9.66. The van der Waals surface area contributed by atoms with Gasteiger partial charge in [-0.15, -0.1) is 0 Å². The van der Waals surface area contributed by atoms with Crippen LogP contribution in [0.2, 0.25) is 0 Å². The second kappa shape index (κ2) is 12.7. The molecule has 0 aliphatic rings. The number of aryl methyl sites for hydroxylation is 1. The number of ether oxygens (including phenoxy) is 1.